The Hall–Kier alpha value is -2.13. The summed E-state index contributed by atoms with van der Waals surface area (Å²) in [6.45, 7) is 0.539. The average molecular weight is 302 g/mol. The van der Waals surface area contributed by atoms with Gasteiger partial charge in [-0.25, -0.2) is 9.97 Å². The highest BCUT2D eigenvalue weighted by Gasteiger charge is 2.18. The quantitative estimate of drug-likeness (QED) is 0.396. The number of halogens is 1. The van der Waals surface area contributed by atoms with Gasteiger partial charge in [-0.1, -0.05) is 11.6 Å². The summed E-state index contributed by atoms with van der Waals surface area (Å²) in [6.07, 6.45) is 0.531. The van der Waals surface area contributed by atoms with E-state index in [0.717, 1.165) is 0 Å². The van der Waals surface area contributed by atoms with Crippen molar-refractivity contribution in [3.05, 3.63) is 10.8 Å². The van der Waals surface area contributed by atoms with Crippen LogP contribution in [0.25, 0.3) is 0 Å². The summed E-state index contributed by atoms with van der Waals surface area (Å²) in [5, 5.41) is 8.78. The molecule has 1 aromatic rings. The van der Waals surface area contributed by atoms with E-state index in [4.69, 9.17) is 33.9 Å². The van der Waals surface area contributed by atoms with Crippen molar-refractivity contribution < 1.29 is 9.90 Å². The lowest BCUT2D eigenvalue weighted by Crippen LogP contribution is -2.25. The Morgan fingerprint density at radius 2 is 2.10 bits per heavy atom. The van der Waals surface area contributed by atoms with Crippen molar-refractivity contribution in [2.75, 3.05) is 30.8 Å². The number of aromatic nitrogens is 2. The number of nitrogens with zero attached hydrogens (tertiary/aromatic N) is 4. The van der Waals surface area contributed by atoms with Gasteiger partial charge >= 0.3 is 5.91 Å². The van der Waals surface area contributed by atoms with E-state index in [9.17, 15) is 4.79 Å². The zero-order valence-electron chi connectivity index (χ0n) is 10.9. The lowest BCUT2D eigenvalue weighted by atomic mass is 10.3. The number of nitrogens with two attached hydrogens (primary N) is 3. The fraction of sp³-hybridized carbons (Fsp3) is 0.400. The minimum Gasteiger partial charge on any atom is -0.396 e. The lowest BCUT2D eigenvalue weighted by Gasteiger charge is -2.19. The first-order valence-corrected chi connectivity index (χ1v) is 6.03. The lowest BCUT2D eigenvalue weighted by molar-refractivity contribution is 0.0998. The Bertz CT molecular complexity index is 531. The summed E-state index contributed by atoms with van der Waals surface area (Å²) in [6, 6.07) is 0. The van der Waals surface area contributed by atoms with Gasteiger partial charge in [0.05, 0.1) is 0 Å². The maximum atomic E-state index is 11.6. The van der Waals surface area contributed by atoms with E-state index < -0.39 is 11.9 Å². The molecule has 0 fully saturated rings. The molecule has 0 saturated carbocycles. The first kappa shape index (κ1) is 15.9. The summed E-state index contributed by atoms with van der Waals surface area (Å²) in [4.78, 5) is 24.5. The number of anilines is 2. The molecule has 0 unspecified atom stereocenters. The summed E-state index contributed by atoms with van der Waals surface area (Å²) in [5.74, 6) is -1.05. The standard InChI is InChI=1S/C10H16ClN7O2/c1-18(3-2-4-19)8-6(11)15-5(7(12)16-8)9(20)17-10(13)14/h19H,2-4H2,1H3,(H2,12,16)(H4,13,14,17,20). The molecule has 1 rings (SSSR count). The minimum atomic E-state index is -0.818. The molecular weight excluding hydrogens is 286 g/mol. The molecule has 0 aromatic carbocycles. The molecule has 0 aliphatic carbocycles. The zero-order valence-corrected chi connectivity index (χ0v) is 11.6. The Labute approximate surface area is 120 Å². The van der Waals surface area contributed by atoms with Crippen molar-refractivity contribution in [3.8, 4) is 0 Å². The molecule has 0 bridgehead atoms. The molecular formula is C10H16ClN7O2. The topological polar surface area (TPSA) is 157 Å². The van der Waals surface area contributed by atoms with Crippen LogP contribution in [-0.4, -0.2) is 47.1 Å². The molecule has 9 nitrogen and oxygen atoms in total. The first-order valence-electron chi connectivity index (χ1n) is 5.65. The summed E-state index contributed by atoms with van der Waals surface area (Å²) in [5.41, 5.74) is 15.6. The van der Waals surface area contributed by atoms with E-state index in [1.54, 1.807) is 11.9 Å². The maximum absolute atomic E-state index is 11.6. The van der Waals surface area contributed by atoms with Crippen LogP contribution in [0.4, 0.5) is 11.6 Å². The van der Waals surface area contributed by atoms with Crippen molar-refractivity contribution in [1.29, 1.82) is 0 Å². The van der Waals surface area contributed by atoms with Crippen molar-refractivity contribution in [2.45, 2.75) is 6.42 Å². The van der Waals surface area contributed by atoms with Gasteiger partial charge in [0.25, 0.3) is 0 Å². The van der Waals surface area contributed by atoms with Gasteiger partial charge in [-0.3, -0.25) is 4.79 Å². The predicted octanol–water partition coefficient (Wildman–Crippen LogP) is -1.06. The third-order valence-corrected chi connectivity index (χ3v) is 2.56. The van der Waals surface area contributed by atoms with Crippen molar-refractivity contribution in [1.82, 2.24) is 9.97 Å². The molecule has 0 aliphatic rings. The van der Waals surface area contributed by atoms with Gasteiger partial charge in [0, 0.05) is 20.2 Å². The highest BCUT2D eigenvalue weighted by atomic mass is 35.5. The maximum Gasteiger partial charge on any atom is 0.302 e. The number of guanidine groups is 1. The smallest absolute Gasteiger partial charge is 0.302 e. The summed E-state index contributed by atoms with van der Waals surface area (Å²) >= 11 is 5.96. The highest BCUT2D eigenvalue weighted by molar-refractivity contribution is 6.32. The molecule has 20 heavy (non-hydrogen) atoms. The molecule has 110 valence electrons. The second kappa shape index (κ2) is 6.87. The fourth-order valence-electron chi connectivity index (χ4n) is 1.40. The Balaban J connectivity index is 3.08. The van der Waals surface area contributed by atoms with Gasteiger partial charge in [0.1, 0.15) is 0 Å². The van der Waals surface area contributed by atoms with E-state index in [-0.39, 0.29) is 23.3 Å². The number of hydrogen-bond acceptors (Lipinski definition) is 6. The second-order valence-corrected chi connectivity index (χ2v) is 4.27. The number of nitrogen functional groups attached to an aromatic ring is 1. The van der Waals surface area contributed by atoms with E-state index >= 15 is 0 Å². The molecule has 1 amide bonds. The van der Waals surface area contributed by atoms with Gasteiger partial charge < -0.3 is 27.2 Å². The van der Waals surface area contributed by atoms with Crippen molar-refractivity contribution in [3.63, 3.8) is 0 Å². The van der Waals surface area contributed by atoms with Crippen LogP contribution in [0.5, 0.6) is 0 Å². The van der Waals surface area contributed by atoms with Crippen LogP contribution in [0.15, 0.2) is 4.99 Å². The van der Waals surface area contributed by atoms with E-state index in [1.807, 2.05) is 0 Å². The van der Waals surface area contributed by atoms with Gasteiger partial charge in [0.2, 0.25) is 0 Å². The van der Waals surface area contributed by atoms with Gasteiger partial charge in [-0.05, 0) is 6.42 Å². The molecule has 0 spiro atoms. The fourth-order valence-corrected chi connectivity index (χ4v) is 1.67. The van der Waals surface area contributed by atoms with E-state index in [1.165, 1.54) is 0 Å². The molecule has 0 radical (unpaired) electrons. The van der Waals surface area contributed by atoms with Crippen LogP contribution in [0.2, 0.25) is 5.15 Å². The summed E-state index contributed by atoms with van der Waals surface area (Å²) in [7, 11) is 1.71. The number of aliphatic hydroxyl groups excluding tert-OH is 1. The monoisotopic (exact) mass is 301 g/mol. The van der Waals surface area contributed by atoms with Crippen LogP contribution in [0, 0.1) is 0 Å². The molecule has 1 aromatic heterocycles. The molecule has 0 aliphatic heterocycles. The normalized spacial score (nSPS) is 10.2. The van der Waals surface area contributed by atoms with E-state index in [2.05, 4.69) is 15.0 Å². The molecule has 7 N–H and O–H groups in total. The molecule has 0 saturated heterocycles. The van der Waals surface area contributed by atoms with Crippen LogP contribution in [-0.2, 0) is 0 Å². The Kier molecular flexibility index (Phi) is 5.47. The van der Waals surface area contributed by atoms with Crippen molar-refractivity contribution in [2.24, 2.45) is 16.5 Å². The number of rotatable bonds is 5. The number of carbonyl (C=O) groups is 1. The number of aliphatic hydroxyl groups is 1. The van der Waals surface area contributed by atoms with Crippen molar-refractivity contribution >= 4 is 35.1 Å². The summed E-state index contributed by atoms with van der Waals surface area (Å²) < 4.78 is 0. The second-order valence-electron chi connectivity index (χ2n) is 3.91. The Morgan fingerprint density at radius 1 is 1.45 bits per heavy atom. The predicted molar refractivity (Wildman–Crippen MR) is 76.6 cm³/mol. The minimum absolute atomic E-state index is 0.00576. The van der Waals surface area contributed by atoms with Crippen LogP contribution < -0.4 is 22.1 Å². The van der Waals surface area contributed by atoms with Crippen LogP contribution in [0.3, 0.4) is 0 Å². The van der Waals surface area contributed by atoms with Gasteiger partial charge in [0.15, 0.2) is 28.4 Å². The molecule has 10 heteroatoms. The molecule has 0 atom stereocenters. The number of carbonyl (C=O) groups excluding carboxylic acids is 1. The SMILES string of the molecule is CN(CCCO)c1nc(N)c(C(=O)N=C(N)N)nc1Cl. The number of hydrogen-bond donors (Lipinski definition) is 4. The highest BCUT2D eigenvalue weighted by Crippen LogP contribution is 2.23. The average Bonchev–Trinajstić information content (AvgIpc) is 2.37. The van der Waals surface area contributed by atoms with Gasteiger partial charge in [-0.15, -0.1) is 0 Å². The van der Waals surface area contributed by atoms with Crippen LogP contribution in [0.1, 0.15) is 16.9 Å². The Morgan fingerprint density at radius 3 is 2.65 bits per heavy atom. The first-order chi connectivity index (χ1) is 9.36. The van der Waals surface area contributed by atoms with E-state index in [0.29, 0.717) is 18.8 Å². The number of aliphatic imine (C=N–C) groups is 1. The number of amides is 1. The van der Waals surface area contributed by atoms with Crippen LogP contribution >= 0.6 is 11.6 Å². The largest absolute Gasteiger partial charge is 0.396 e. The third-order valence-electron chi connectivity index (χ3n) is 2.31. The zero-order chi connectivity index (χ0) is 15.3. The third kappa shape index (κ3) is 3.93. The van der Waals surface area contributed by atoms with Gasteiger partial charge in [-0.2, -0.15) is 4.99 Å². The molecule has 1 heterocycles.